The Kier molecular flexibility index (Phi) is 4.41. The number of nitrogens with zero attached hydrogens (tertiary/aromatic N) is 3. The largest absolute Gasteiger partial charge is 0.337 e. The van der Waals surface area contributed by atoms with E-state index in [1.807, 2.05) is 6.20 Å². The summed E-state index contributed by atoms with van der Waals surface area (Å²) in [5.41, 5.74) is 0. The molecular formula is C16H28N4. The van der Waals surface area contributed by atoms with Crippen LogP contribution < -0.4 is 5.32 Å². The molecule has 0 radical (unpaired) electrons. The third-order valence-electron chi connectivity index (χ3n) is 5.27. The minimum absolute atomic E-state index is 0.442. The Hall–Kier alpha value is -0.870. The average Bonchev–Trinajstić information content (AvgIpc) is 2.88. The predicted octanol–water partition coefficient (Wildman–Crippen LogP) is 2.19. The molecule has 3 unspecified atom stereocenters. The first kappa shape index (κ1) is 14.1. The maximum Gasteiger partial charge on any atom is 0.127 e. The van der Waals surface area contributed by atoms with Crippen molar-refractivity contribution in [1.82, 2.24) is 19.8 Å². The van der Waals surface area contributed by atoms with Crippen molar-refractivity contribution in [3.05, 3.63) is 18.2 Å². The highest BCUT2D eigenvalue weighted by Crippen LogP contribution is 2.32. The molecule has 3 atom stereocenters. The van der Waals surface area contributed by atoms with Crippen molar-refractivity contribution < 1.29 is 0 Å². The lowest BCUT2D eigenvalue weighted by atomic mass is 9.80. The molecule has 2 aliphatic rings. The summed E-state index contributed by atoms with van der Waals surface area (Å²) < 4.78 is 2.18. The van der Waals surface area contributed by atoms with E-state index in [-0.39, 0.29) is 0 Å². The lowest BCUT2D eigenvalue weighted by Gasteiger charge is -2.40. The van der Waals surface area contributed by atoms with Gasteiger partial charge in [-0.05, 0) is 18.3 Å². The summed E-state index contributed by atoms with van der Waals surface area (Å²) in [6.07, 6.45) is 9.68. The summed E-state index contributed by atoms with van der Waals surface area (Å²) >= 11 is 0. The van der Waals surface area contributed by atoms with Gasteiger partial charge in [0, 0.05) is 45.6 Å². The topological polar surface area (TPSA) is 33.1 Å². The fourth-order valence-electron chi connectivity index (χ4n) is 3.88. The highest BCUT2D eigenvalue weighted by Gasteiger charge is 2.30. The molecule has 1 aromatic heterocycles. The van der Waals surface area contributed by atoms with Crippen LogP contribution in [0.4, 0.5) is 0 Å². The van der Waals surface area contributed by atoms with Crippen molar-refractivity contribution in [2.45, 2.75) is 38.6 Å². The number of aromatic nitrogens is 2. The Morgan fingerprint density at radius 1 is 1.35 bits per heavy atom. The average molecular weight is 276 g/mol. The Labute approximate surface area is 122 Å². The molecule has 0 aromatic carbocycles. The van der Waals surface area contributed by atoms with Crippen molar-refractivity contribution >= 4 is 0 Å². The third-order valence-corrected chi connectivity index (χ3v) is 5.27. The summed E-state index contributed by atoms with van der Waals surface area (Å²) in [4.78, 5) is 7.26. The van der Waals surface area contributed by atoms with Crippen LogP contribution in [-0.4, -0.2) is 40.6 Å². The number of hydrogen-bond acceptors (Lipinski definition) is 3. The molecule has 0 spiro atoms. The van der Waals surface area contributed by atoms with E-state index in [0.29, 0.717) is 6.04 Å². The van der Waals surface area contributed by atoms with Gasteiger partial charge < -0.3 is 9.88 Å². The third kappa shape index (κ3) is 2.91. The molecule has 1 aliphatic carbocycles. The number of rotatable bonds is 3. The van der Waals surface area contributed by atoms with E-state index in [0.717, 1.165) is 31.5 Å². The van der Waals surface area contributed by atoms with Gasteiger partial charge in [-0.2, -0.15) is 0 Å². The standard InChI is InChI=1S/C16H28N4/c1-13-5-3-4-6-14(13)12-20-10-7-17-11-15(20)16-18-8-9-19(16)2/h8-9,13-15,17H,3-7,10-12H2,1-2H3. The summed E-state index contributed by atoms with van der Waals surface area (Å²) in [6.45, 7) is 7.00. The van der Waals surface area contributed by atoms with Gasteiger partial charge in [-0.15, -0.1) is 0 Å². The first-order valence-electron chi connectivity index (χ1n) is 8.17. The molecule has 0 amide bonds. The van der Waals surface area contributed by atoms with Crippen LogP contribution in [0.5, 0.6) is 0 Å². The zero-order valence-electron chi connectivity index (χ0n) is 12.9. The number of piperazine rings is 1. The van der Waals surface area contributed by atoms with Gasteiger partial charge in [0.2, 0.25) is 0 Å². The lowest BCUT2D eigenvalue weighted by molar-refractivity contribution is 0.0969. The van der Waals surface area contributed by atoms with E-state index >= 15 is 0 Å². The van der Waals surface area contributed by atoms with Crippen molar-refractivity contribution in [3.63, 3.8) is 0 Å². The number of aryl methyl sites for hydroxylation is 1. The highest BCUT2D eigenvalue weighted by molar-refractivity contribution is 5.02. The van der Waals surface area contributed by atoms with Crippen molar-refractivity contribution in [2.24, 2.45) is 18.9 Å². The van der Waals surface area contributed by atoms with Crippen LogP contribution in [0.1, 0.15) is 44.5 Å². The first-order valence-corrected chi connectivity index (χ1v) is 8.17. The number of hydrogen-bond donors (Lipinski definition) is 1. The van der Waals surface area contributed by atoms with Crippen LogP contribution in [0.2, 0.25) is 0 Å². The van der Waals surface area contributed by atoms with E-state index in [2.05, 4.69) is 39.9 Å². The number of nitrogens with one attached hydrogen (secondary N) is 1. The molecule has 0 bridgehead atoms. The Bertz CT molecular complexity index is 428. The molecule has 1 saturated heterocycles. The zero-order chi connectivity index (χ0) is 13.9. The summed E-state index contributed by atoms with van der Waals surface area (Å²) in [5.74, 6) is 2.98. The van der Waals surface area contributed by atoms with Gasteiger partial charge in [0.1, 0.15) is 5.82 Å². The van der Waals surface area contributed by atoms with Gasteiger partial charge in [0.15, 0.2) is 0 Å². The quantitative estimate of drug-likeness (QED) is 0.919. The van der Waals surface area contributed by atoms with E-state index in [9.17, 15) is 0 Å². The SMILES string of the molecule is CC1CCCCC1CN1CCNCC1c1nccn1C. The molecule has 2 fully saturated rings. The molecule has 2 heterocycles. The molecule has 1 saturated carbocycles. The van der Waals surface area contributed by atoms with Crippen LogP contribution >= 0.6 is 0 Å². The van der Waals surface area contributed by atoms with E-state index < -0.39 is 0 Å². The van der Waals surface area contributed by atoms with Crippen LogP contribution in [0, 0.1) is 11.8 Å². The number of imidazole rings is 1. The molecular weight excluding hydrogens is 248 g/mol. The molecule has 4 heteroatoms. The van der Waals surface area contributed by atoms with Crippen LogP contribution in [0.3, 0.4) is 0 Å². The van der Waals surface area contributed by atoms with Gasteiger partial charge in [-0.3, -0.25) is 4.90 Å². The van der Waals surface area contributed by atoms with E-state index in [1.165, 1.54) is 38.1 Å². The smallest absolute Gasteiger partial charge is 0.127 e. The first-order chi connectivity index (χ1) is 9.75. The Balaban J connectivity index is 1.70. The van der Waals surface area contributed by atoms with Gasteiger partial charge in [0.25, 0.3) is 0 Å². The Morgan fingerprint density at radius 2 is 2.20 bits per heavy atom. The molecule has 20 heavy (non-hydrogen) atoms. The van der Waals surface area contributed by atoms with Gasteiger partial charge >= 0.3 is 0 Å². The molecule has 1 aromatic rings. The van der Waals surface area contributed by atoms with Gasteiger partial charge in [-0.1, -0.05) is 26.2 Å². The maximum atomic E-state index is 4.58. The van der Waals surface area contributed by atoms with Crippen LogP contribution in [0.15, 0.2) is 12.4 Å². The van der Waals surface area contributed by atoms with Crippen molar-refractivity contribution in [2.75, 3.05) is 26.2 Å². The Morgan fingerprint density at radius 3 is 2.95 bits per heavy atom. The monoisotopic (exact) mass is 276 g/mol. The second kappa shape index (κ2) is 6.27. The second-order valence-corrected chi connectivity index (χ2v) is 6.63. The van der Waals surface area contributed by atoms with Crippen LogP contribution in [-0.2, 0) is 7.05 Å². The van der Waals surface area contributed by atoms with E-state index in [4.69, 9.17) is 0 Å². The summed E-state index contributed by atoms with van der Waals surface area (Å²) in [7, 11) is 2.11. The molecule has 1 N–H and O–H groups in total. The van der Waals surface area contributed by atoms with Crippen molar-refractivity contribution in [1.29, 1.82) is 0 Å². The fraction of sp³-hybridized carbons (Fsp3) is 0.812. The minimum Gasteiger partial charge on any atom is -0.337 e. The lowest BCUT2D eigenvalue weighted by Crippen LogP contribution is -2.49. The van der Waals surface area contributed by atoms with Crippen molar-refractivity contribution in [3.8, 4) is 0 Å². The fourth-order valence-corrected chi connectivity index (χ4v) is 3.88. The predicted molar refractivity (Wildman–Crippen MR) is 81.5 cm³/mol. The van der Waals surface area contributed by atoms with Gasteiger partial charge in [0.05, 0.1) is 6.04 Å². The minimum atomic E-state index is 0.442. The molecule has 4 nitrogen and oxygen atoms in total. The normalized spacial score (nSPS) is 32.4. The molecule has 112 valence electrons. The van der Waals surface area contributed by atoms with Crippen LogP contribution in [0.25, 0.3) is 0 Å². The zero-order valence-corrected chi connectivity index (χ0v) is 12.9. The summed E-state index contributed by atoms with van der Waals surface area (Å²) in [5, 5.41) is 3.53. The summed E-state index contributed by atoms with van der Waals surface area (Å²) in [6, 6.07) is 0.442. The molecule has 1 aliphatic heterocycles. The second-order valence-electron chi connectivity index (χ2n) is 6.63. The van der Waals surface area contributed by atoms with E-state index in [1.54, 1.807) is 0 Å². The molecule has 3 rings (SSSR count). The highest BCUT2D eigenvalue weighted by atomic mass is 15.3. The maximum absolute atomic E-state index is 4.58. The van der Waals surface area contributed by atoms with Gasteiger partial charge in [-0.25, -0.2) is 4.98 Å².